The predicted octanol–water partition coefficient (Wildman–Crippen LogP) is 3.74. The molecule has 2 aromatic rings. The van der Waals surface area contributed by atoms with Crippen molar-refractivity contribution in [2.45, 2.75) is 53.1 Å². The second-order valence-electron chi connectivity index (χ2n) is 9.46. The largest absolute Gasteiger partial charge is 0.497 e. The maximum Gasteiger partial charge on any atom is 0.242 e. The van der Waals surface area contributed by atoms with Crippen LogP contribution >= 0.6 is 0 Å². The van der Waals surface area contributed by atoms with Gasteiger partial charge in [-0.1, -0.05) is 43.7 Å². The normalized spacial score (nSPS) is 12.2. The summed E-state index contributed by atoms with van der Waals surface area (Å²) in [5, 5.41) is 2.91. The molecule has 0 bridgehead atoms. The van der Waals surface area contributed by atoms with Crippen LogP contribution in [-0.2, 0) is 26.2 Å². The van der Waals surface area contributed by atoms with Gasteiger partial charge in [-0.3, -0.25) is 13.9 Å². The Bertz CT molecular complexity index is 1100. The Morgan fingerprint density at radius 2 is 1.61 bits per heavy atom. The van der Waals surface area contributed by atoms with Crippen LogP contribution in [-0.4, -0.2) is 57.6 Å². The van der Waals surface area contributed by atoms with Crippen molar-refractivity contribution < 1.29 is 22.7 Å². The highest BCUT2D eigenvalue weighted by Gasteiger charge is 2.26. The van der Waals surface area contributed by atoms with Crippen molar-refractivity contribution in [3.05, 3.63) is 59.7 Å². The molecule has 1 N–H and O–H groups in total. The first-order chi connectivity index (χ1) is 16.9. The van der Waals surface area contributed by atoms with Gasteiger partial charge < -0.3 is 15.0 Å². The number of hydrogen-bond donors (Lipinski definition) is 1. The molecule has 198 valence electrons. The summed E-state index contributed by atoms with van der Waals surface area (Å²) in [5.74, 6) is 0.507. The van der Waals surface area contributed by atoms with Gasteiger partial charge in [-0.05, 0) is 56.0 Å². The molecule has 0 aromatic heterocycles. The zero-order valence-corrected chi connectivity index (χ0v) is 23.0. The van der Waals surface area contributed by atoms with Crippen LogP contribution in [0.1, 0.15) is 44.7 Å². The molecule has 0 heterocycles. The zero-order chi connectivity index (χ0) is 26.9. The van der Waals surface area contributed by atoms with E-state index in [0.717, 1.165) is 17.4 Å². The Morgan fingerprint density at radius 1 is 1.00 bits per heavy atom. The lowest BCUT2D eigenvalue weighted by molar-refractivity contribution is -0.140. The van der Waals surface area contributed by atoms with E-state index in [0.29, 0.717) is 36.9 Å². The lowest BCUT2D eigenvalue weighted by atomic mass is 10.1. The molecule has 36 heavy (non-hydrogen) atoms. The Balaban J connectivity index is 2.14. The number of carbonyl (C=O) groups excluding carboxylic acids is 2. The Morgan fingerprint density at radius 3 is 2.14 bits per heavy atom. The molecule has 2 rings (SSSR count). The van der Waals surface area contributed by atoms with Crippen molar-refractivity contribution >= 4 is 27.5 Å². The summed E-state index contributed by atoms with van der Waals surface area (Å²) in [6.07, 6.45) is 1.56. The molecule has 0 fully saturated rings. The monoisotopic (exact) mass is 517 g/mol. The van der Waals surface area contributed by atoms with Gasteiger partial charge in [0.25, 0.3) is 0 Å². The number of ether oxygens (including phenoxy) is 1. The van der Waals surface area contributed by atoms with Gasteiger partial charge in [-0.2, -0.15) is 0 Å². The van der Waals surface area contributed by atoms with E-state index in [1.54, 1.807) is 43.2 Å². The number of methoxy groups -OCH3 is 1. The second kappa shape index (κ2) is 13.3. The fourth-order valence-electron chi connectivity index (χ4n) is 3.68. The highest BCUT2D eigenvalue weighted by atomic mass is 32.2. The lowest BCUT2D eigenvalue weighted by Crippen LogP contribution is -2.48. The predicted molar refractivity (Wildman–Crippen MR) is 143 cm³/mol. The number of rotatable bonds is 13. The molecular weight excluding hydrogens is 478 g/mol. The van der Waals surface area contributed by atoms with Crippen LogP contribution in [0.3, 0.4) is 0 Å². The second-order valence-corrected chi connectivity index (χ2v) is 11.4. The summed E-state index contributed by atoms with van der Waals surface area (Å²) in [5.41, 5.74) is 2.54. The molecule has 2 amide bonds. The lowest BCUT2D eigenvalue weighted by Gasteiger charge is -2.29. The van der Waals surface area contributed by atoms with E-state index >= 15 is 0 Å². The number of anilines is 1. The topological polar surface area (TPSA) is 96.0 Å². The number of carbonyl (C=O) groups is 2. The maximum atomic E-state index is 13.3. The summed E-state index contributed by atoms with van der Waals surface area (Å²) < 4.78 is 31.3. The number of nitrogens with zero attached hydrogens (tertiary/aromatic N) is 2. The molecule has 0 aliphatic rings. The van der Waals surface area contributed by atoms with E-state index in [9.17, 15) is 18.0 Å². The summed E-state index contributed by atoms with van der Waals surface area (Å²) in [7, 11) is -2.01. The third-order valence-corrected chi connectivity index (χ3v) is 7.03. The van der Waals surface area contributed by atoms with Crippen LogP contribution in [0.4, 0.5) is 5.69 Å². The van der Waals surface area contributed by atoms with Gasteiger partial charge in [0.2, 0.25) is 21.8 Å². The summed E-state index contributed by atoms with van der Waals surface area (Å²) in [6, 6.07) is 13.9. The molecule has 2 aromatic carbocycles. The number of aryl methyl sites for hydroxylation is 1. The van der Waals surface area contributed by atoms with Crippen LogP contribution in [0.5, 0.6) is 5.75 Å². The molecule has 0 aliphatic carbocycles. The minimum Gasteiger partial charge on any atom is -0.497 e. The van der Waals surface area contributed by atoms with E-state index in [1.807, 2.05) is 45.0 Å². The minimum absolute atomic E-state index is 0.107. The van der Waals surface area contributed by atoms with Crippen LogP contribution < -0.4 is 14.4 Å². The van der Waals surface area contributed by atoms with Gasteiger partial charge >= 0.3 is 0 Å². The van der Waals surface area contributed by atoms with Crippen molar-refractivity contribution in [1.82, 2.24) is 10.2 Å². The molecule has 8 nitrogen and oxygen atoms in total. The molecule has 0 saturated carbocycles. The van der Waals surface area contributed by atoms with E-state index in [4.69, 9.17) is 4.74 Å². The highest BCUT2D eigenvalue weighted by molar-refractivity contribution is 7.92. The van der Waals surface area contributed by atoms with Crippen molar-refractivity contribution in [1.29, 1.82) is 0 Å². The number of sulfonamides is 1. The van der Waals surface area contributed by atoms with Crippen molar-refractivity contribution in [2.24, 2.45) is 5.92 Å². The van der Waals surface area contributed by atoms with Crippen LogP contribution in [0.25, 0.3) is 0 Å². The quantitative estimate of drug-likeness (QED) is 0.437. The number of amides is 2. The Kier molecular flexibility index (Phi) is 10.8. The van der Waals surface area contributed by atoms with Crippen LogP contribution in [0.15, 0.2) is 48.5 Å². The fourth-order valence-corrected chi connectivity index (χ4v) is 4.64. The molecule has 1 atom stereocenters. The van der Waals surface area contributed by atoms with Gasteiger partial charge in [-0.25, -0.2) is 8.42 Å². The van der Waals surface area contributed by atoms with Gasteiger partial charge in [-0.15, -0.1) is 0 Å². The third kappa shape index (κ3) is 8.86. The smallest absolute Gasteiger partial charge is 0.242 e. The summed E-state index contributed by atoms with van der Waals surface area (Å²) in [4.78, 5) is 27.7. The Hall–Kier alpha value is -3.07. The highest BCUT2D eigenvalue weighted by Crippen LogP contribution is 2.22. The summed E-state index contributed by atoms with van der Waals surface area (Å²) in [6.45, 7) is 8.70. The summed E-state index contributed by atoms with van der Waals surface area (Å²) >= 11 is 0. The first kappa shape index (κ1) is 29.2. The molecule has 0 unspecified atom stereocenters. The van der Waals surface area contributed by atoms with Gasteiger partial charge in [0.1, 0.15) is 11.8 Å². The zero-order valence-electron chi connectivity index (χ0n) is 22.2. The first-order valence-electron chi connectivity index (χ1n) is 12.2. The van der Waals surface area contributed by atoms with E-state index < -0.39 is 16.1 Å². The molecular formula is C27H39N3O5S. The number of nitrogens with one attached hydrogen (secondary N) is 1. The molecule has 0 saturated heterocycles. The van der Waals surface area contributed by atoms with E-state index in [1.165, 1.54) is 4.31 Å². The van der Waals surface area contributed by atoms with E-state index in [2.05, 4.69) is 5.32 Å². The molecule has 0 spiro atoms. The fraction of sp³-hybridized carbons (Fsp3) is 0.481. The Labute approximate surface area is 215 Å². The van der Waals surface area contributed by atoms with E-state index in [-0.39, 0.29) is 24.8 Å². The number of hydrogen-bond acceptors (Lipinski definition) is 5. The molecule has 0 aliphatic heterocycles. The SMILES string of the molecule is COc1ccc(N(CCCC(=O)N(Cc2ccc(C)cc2)[C@H](C)C(=O)NCC(C)C)S(C)(=O)=O)cc1. The first-order valence-corrected chi connectivity index (χ1v) is 14.0. The van der Waals surface area contributed by atoms with Gasteiger partial charge in [0.05, 0.1) is 19.1 Å². The van der Waals surface area contributed by atoms with Crippen LogP contribution in [0, 0.1) is 12.8 Å². The van der Waals surface area contributed by atoms with Crippen LogP contribution in [0.2, 0.25) is 0 Å². The van der Waals surface area contributed by atoms with Gasteiger partial charge in [0.15, 0.2) is 0 Å². The standard InChI is InChI=1S/C27H39N3O5S/c1-20(2)18-28-27(32)22(4)29(19-23-11-9-21(3)10-12-23)26(31)8-7-17-30(36(6,33)34)24-13-15-25(35-5)16-14-24/h9-16,20,22H,7-8,17-19H2,1-6H3,(H,28,32)/t22-/m1/s1. The average Bonchev–Trinajstić information content (AvgIpc) is 2.83. The van der Waals surface area contributed by atoms with Crippen molar-refractivity contribution in [2.75, 3.05) is 30.8 Å². The minimum atomic E-state index is -3.55. The van der Waals surface area contributed by atoms with Crippen molar-refractivity contribution in [3.63, 3.8) is 0 Å². The molecule has 9 heteroatoms. The third-order valence-electron chi connectivity index (χ3n) is 5.84. The van der Waals surface area contributed by atoms with Gasteiger partial charge in [0, 0.05) is 26.1 Å². The molecule has 0 radical (unpaired) electrons. The number of benzene rings is 2. The van der Waals surface area contributed by atoms with Crippen molar-refractivity contribution in [3.8, 4) is 5.75 Å². The average molecular weight is 518 g/mol. The maximum absolute atomic E-state index is 13.3.